The van der Waals surface area contributed by atoms with E-state index in [1.165, 1.54) is 0 Å². The average Bonchev–Trinajstić information content (AvgIpc) is 2.54. The lowest BCUT2D eigenvalue weighted by molar-refractivity contribution is 0.733. The molecule has 0 atom stereocenters. The van der Waals surface area contributed by atoms with Crippen molar-refractivity contribution in [1.82, 2.24) is 19.7 Å². The Balaban J connectivity index is 2.70. The van der Waals surface area contributed by atoms with Gasteiger partial charge in [0.05, 0.1) is 17.6 Å². The van der Waals surface area contributed by atoms with E-state index >= 15 is 0 Å². The Hall–Kier alpha value is -1.45. The third-order valence-corrected chi connectivity index (χ3v) is 2.61. The van der Waals surface area contributed by atoms with Crippen molar-refractivity contribution >= 4 is 11.2 Å². The van der Waals surface area contributed by atoms with Crippen LogP contribution in [0.25, 0.3) is 11.2 Å². The van der Waals surface area contributed by atoms with E-state index in [-0.39, 0.29) is 0 Å². The maximum Gasteiger partial charge on any atom is 0.200 e. The van der Waals surface area contributed by atoms with Crippen LogP contribution in [0.5, 0.6) is 0 Å². The van der Waals surface area contributed by atoms with E-state index in [9.17, 15) is 0 Å². The summed E-state index contributed by atoms with van der Waals surface area (Å²) in [6.07, 6.45) is 1.92. The Labute approximate surface area is 95.7 Å². The highest BCUT2D eigenvalue weighted by molar-refractivity contribution is 5.69. The molecule has 2 aromatic rings. The molecular weight excluding hydrogens is 200 g/mol. The maximum atomic E-state index is 4.67. The third-order valence-electron chi connectivity index (χ3n) is 2.61. The zero-order valence-corrected chi connectivity index (χ0v) is 10.5. The molecule has 0 unspecified atom stereocenters. The van der Waals surface area contributed by atoms with Crippen LogP contribution in [0.1, 0.15) is 50.9 Å². The van der Waals surface area contributed by atoms with Gasteiger partial charge in [-0.2, -0.15) is 5.10 Å². The van der Waals surface area contributed by atoms with Crippen molar-refractivity contribution in [3.63, 3.8) is 0 Å². The van der Waals surface area contributed by atoms with E-state index in [1.807, 2.05) is 13.2 Å². The van der Waals surface area contributed by atoms with Gasteiger partial charge in [-0.1, -0.05) is 27.7 Å². The number of aromatic nitrogens is 4. The van der Waals surface area contributed by atoms with Crippen molar-refractivity contribution in [3.05, 3.63) is 17.6 Å². The summed E-state index contributed by atoms with van der Waals surface area (Å²) in [5.41, 5.74) is 3.79. The molecule has 0 aliphatic carbocycles. The average molecular weight is 218 g/mol. The second-order valence-electron chi connectivity index (χ2n) is 4.82. The van der Waals surface area contributed by atoms with Gasteiger partial charge in [0.25, 0.3) is 0 Å². The second kappa shape index (κ2) is 3.85. The predicted molar refractivity (Wildman–Crippen MR) is 64.5 cm³/mol. The molecule has 2 heterocycles. The molecule has 4 nitrogen and oxygen atoms in total. The zero-order chi connectivity index (χ0) is 11.9. The molecule has 2 aromatic heterocycles. The van der Waals surface area contributed by atoms with Gasteiger partial charge in [-0.15, -0.1) is 0 Å². The molecule has 0 fully saturated rings. The van der Waals surface area contributed by atoms with Gasteiger partial charge < -0.3 is 0 Å². The Morgan fingerprint density at radius 2 is 1.56 bits per heavy atom. The molecule has 0 aromatic carbocycles. The molecule has 0 radical (unpaired) electrons. The van der Waals surface area contributed by atoms with E-state index in [0.29, 0.717) is 11.8 Å². The lowest BCUT2D eigenvalue weighted by atomic mass is 10.0. The van der Waals surface area contributed by atoms with Gasteiger partial charge >= 0.3 is 0 Å². The molecule has 0 bridgehead atoms. The van der Waals surface area contributed by atoms with Crippen LogP contribution in [0.2, 0.25) is 0 Å². The van der Waals surface area contributed by atoms with Crippen LogP contribution >= 0.6 is 0 Å². The van der Waals surface area contributed by atoms with E-state index in [1.54, 1.807) is 4.68 Å². The van der Waals surface area contributed by atoms with Gasteiger partial charge in [0.15, 0.2) is 5.65 Å². The number of rotatable bonds is 2. The maximum absolute atomic E-state index is 4.67. The highest BCUT2D eigenvalue weighted by Crippen LogP contribution is 2.24. The monoisotopic (exact) mass is 218 g/mol. The van der Waals surface area contributed by atoms with Crippen molar-refractivity contribution in [2.45, 2.75) is 39.5 Å². The Kier molecular flexibility index (Phi) is 2.66. The van der Waals surface area contributed by atoms with Crippen molar-refractivity contribution in [1.29, 1.82) is 0 Å². The molecule has 0 saturated heterocycles. The number of hydrogen-bond donors (Lipinski definition) is 0. The summed E-state index contributed by atoms with van der Waals surface area (Å²) in [4.78, 5) is 9.29. The third kappa shape index (κ3) is 1.79. The molecule has 16 heavy (non-hydrogen) atoms. The normalized spacial score (nSPS) is 11.9. The standard InChI is InChI=1S/C12H18N4/c1-7(2)10-11(8(3)4)14-12-9(13-10)6-16(5)15-12/h6-8H,1-5H3. The minimum absolute atomic E-state index is 0.385. The van der Waals surface area contributed by atoms with Crippen molar-refractivity contribution in [2.75, 3.05) is 0 Å². The van der Waals surface area contributed by atoms with Crippen LogP contribution in [-0.2, 0) is 7.05 Å². The summed E-state index contributed by atoms with van der Waals surface area (Å²) >= 11 is 0. The minimum atomic E-state index is 0.385. The first-order valence-corrected chi connectivity index (χ1v) is 5.70. The molecule has 0 N–H and O–H groups in total. The van der Waals surface area contributed by atoms with Gasteiger partial charge in [-0.3, -0.25) is 4.68 Å². The molecule has 0 saturated carbocycles. The number of hydrogen-bond acceptors (Lipinski definition) is 3. The van der Waals surface area contributed by atoms with Gasteiger partial charge in [0, 0.05) is 7.05 Å². The quantitative estimate of drug-likeness (QED) is 0.778. The highest BCUT2D eigenvalue weighted by Gasteiger charge is 2.16. The fraction of sp³-hybridized carbons (Fsp3) is 0.583. The van der Waals surface area contributed by atoms with Crippen LogP contribution in [0.15, 0.2) is 6.20 Å². The fourth-order valence-electron chi connectivity index (χ4n) is 1.83. The van der Waals surface area contributed by atoms with Gasteiger partial charge in [-0.25, -0.2) is 9.97 Å². The smallest absolute Gasteiger partial charge is 0.200 e. The second-order valence-corrected chi connectivity index (χ2v) is 4.82. The largest absolute Gasteiger partial charge is 0.271 e. The first kappa shape index (κ1) is 11.0. The fourth-order valence-corrected chi connectivity index (χ4v) is 1.83. The number of fused-ring (bicyclic) bond motifs is 1. The van der Waals surface area contributed by atoms with Crippen molar-refractivity contribution in [2.24, 2.45) is 7.05 Å². The Bertz CT molecular complexity index is 466. The number of aryl methyl sites for hydroxylation is 1. The van der Waals surface area contributed by atoms with Crippen molar-refractivity contribution < 1.29 is 0 Å². The molecule has 2 rings (SSSR count). The minimum Gasteiger partial charge on any atom is -0.271 e. The van der Waals surface area contributed by atoms with E-state index < -0.39 is 0 Å². The summed E-state index contributed by atoms with van der Waals surface area (Å²) < 4.78 is 1.76. The van der Waals surface area contributed by atoms with E-state index in [2.05, 4.69) is 42.8 Å². The first-order valence-electron chi connectivity index (χ1n) is 5.70. The summed E-state index contributed by atoms with van der Waals surface area (Å²) in [7, 11) is 1.90. The summed E-state index contributed by atoms with van der Waals surface area (Å²) in [5.74, 6) is 0.783. The van der Waals surface area contributed by atoms with Gasteiger partial charge in [0.1, 0.15) is 5.52 Å². The first-order chi connectivity index (χ1) is 7.49. The highest BCUT2D eigenvalue weighted by atomic mass is 15.3. The molecule has 86 valence electrons. The van der Waals surface area contributed by atoms with Gasteiger partial charge in [0.2, 0.25) is 0 Å². The molecule has 0 aliphatic heterocycles. The van der Waals surface area contributed by atoms with Gasteiger partial charge in [-0.05, 0) is 11.8 Å². The summed E-state index contributed by atoms with van der Waals surface area (Å²) in [6.45, 7) is 8.59. The summed E-state index contributed by atoms with van der Waals surface area (Å²) in [5, 5.41) is 4.30. The summed E-state index contributed by atoms with van der Waals surface area (Å²) in [6, 6.07) is 0. The van der Waals surface area contributed by atoms with Crippen LogP contribution in [-0.4, -0.2) is 19.7 Å². The lowest BCUT2D eigenvalue weighted by Gasteiger charge is -2.12. The predicted octanol–water partition coefficient (Wildman–Crippen LogP) is 2.61. The van der Waals surface area contributed by atoms with Crippen LogP contribution in [0, 0.1) is 0 Å². The molecule has 4 heteroatoms. The Morgan fingerprint density at radius 3 is 2.12 bits per heavy atom. The van der Waals surface area contributed by atoms with Crippen LogP contribution in [0.4, 0.5) is 0 Å². The van der Waals surface area contributed by atoms with E-state index in [0.717, 1.165) is 22.6 Å². The molecule has 0 amide bonds. The van der Waals surface area contributed by atoms with E-state index in [4.69, 9.17) is 0 Å². The number of nitrogens with zero attached hydrogens (tertiary/aromatic N) is 4. The molecular formula is C12H18N4. The Morgan fingerprint density at radius 1 is 1.00 bits per heavy atom. The SMILES string of the molecule is CC(C)c1nc2cn(C)nc2nc1C(C)C. The van der Waals surface area contributed by atoms with Crippen molar-refractivity contribution in [3.8, 4) is 0 Å². The van der Waals surface area contributed by atoms with Crippen LogP contribution in [0.3, 0.4) is 0 Å². The molecule has 0 spiro atoms. The lowest BCUT2D eigenvalue weighted by Crippen LogP contribution is -2.05. The zero-order valence-electron chi connectivity index (χ0n) is 10.5. The van der Waals surface area contributed by atoms with Crippen LogP contribution < -0.4 is 0 Å². The molecule has 0 aliphatic rings. The topological polar surface area (TPSA) is 43.6 Å².